The van der Waals surface area contributed by atoms with Gasteiger partial charge in [-0.2, -0.15) is 0 Å². The molecule has 1 saturated carbocycles. The molecule has 2 heteroatoms. The van der Waals surface area contributed by atoms with Crippen molar-refractivity contribution in [3.63, 3.8) is 0 Å². The molecule has 0 saturated heterocycles. The topological polar surface area (TPSA) is 35.2 Å². The molecule has 3 rings (SSSR count). The van der Waals surface area contributed by atoms with E-state index in [1.807, 2.05) is 0 Å². The molecule has 116 valence electrons. The van der Waals surface area contributed by atoms with Crippen LogP contribution in [0.25, 0.3) is 0 Å². The lowest BCUT2D eigenvalue weighted by Crippen LogP contribution is -2.44. The Balaban J connectivity index is 1.54. The predicted molar refractivity (Wildman–Crippen MR) is 87.6 cm³/mol. The second-order valence-corrected chi connectivity index (χ2v) is 7.08. The van der Waals surface area contributed by atoms with Crippen molar-refractivity contribution in [2.24, 2.45) is 5.73 Å². The summed E-state index contributed by atoms with van der Waals surface area (Å²) in [4.78, 5) is 0. The maximum atomic E-state index is 6.54. The molecule has 1 atom stereocenters. The fourth-order valence-corrected chi connectivity index (χ4v) is 4.01. The number of hydrogen-bond acceptors (Lipinski definition) is 2. The summed E-state index contributed by atoms with van der Waals surface area (Å²) in [5.74, 6) is 0.573. The Hall–Kier alpha value is -0.860. The number of ether oxygens (including phenoxy) is 1. The average molecular weight is 287 g/mol. The normalized spacial score (nSPS) is 25.1. The molecule has 2 N–H and O–H groups in total. The molecular weight excluding hydrogens is 258 g/mol. The van der Waals surface area contributed by atoms with Crippen LogP contribution in [0.15, 0.2) is 24.3 Å². The maximum Gasteiger partial charge on any atom is 0.0646 e. The third kappa shape index (κ3) is 3.87. The van der Waals surface area contributed by atoms with Crippen molar-refractivity contribution in [3.8, 4) is 0 Å². The molecule has 2 aliphatic carbocycles. The minimum Gasteiger partial charge on any atom is -0.379 e. The number of hydrogen-bond donors (Lipinski definition) is 1. The molecule has 0 radical (unpaired) electrons. The van der Waals surface area contributed by atoms with E-state index in [4.69, 9.17) is 10.5 Å². The number of fused-ring (bicyclic) bond motifs is 1. The van der Waals surface area contributed by atoms with Crippen molar-refractivity contribution < 1.29 is 4.74 Å². The SMILES string of the molecule is NC1(COCC2CCCc3ccccc32)CCCCCC1. The van der Waals surface area contributed by atoms with E-state index in [-0.39, 0.29) is 5.54 Å². The zero-order valence-corrected chi connectivity index (χ0v) is 13.2. The van der Waals surface area contributed by atoms with Gasteiger partial charge in [-0.25, -0.2) is 0 Å². The summed E-state index contributed by atoms with van der Waals surface area (Å²) in [6, 6.07) is 8.87. The van der Waals surface area contributed by atoms with Crippen molar-refractivity contribution in [2.75, 3.05) is 13.2 Å². The molecule has 0 aliphatic heterocycles. The van der Waals surface area contributed by atoms with Crippen LogP contribution in [0.4, 0.5) is 0 Å². The van der Waals surface area contributed by atoms with Crippen LogP contribution in [-0.4, -0.2) is 18.8 Å². The Morgan fingerprint density at radius 2 is 1.81 bits per heavy atom. The molecule has 21 heavy (non-hydrogen) atoms. The summed E-state index contributed by atoms with van der Waals surface area (Å²) in [6.45, 7) is 1.58. The van der Waals surface area contributed by atoms with Crippen LogP contribution >= 0.6 is 0 Å². The maximum absolute atomic E-state index is 6.54. The first-order valence-electron chi connectivity index (χ1n) is 8.71. The van der Waals surface area contributed by atoms with Gasteiger partial charge in [0, 0.05) is 11.5 Å². The van der Waals surface area contributed by atoms with Gasteiger partial charge in [-0.15, -0.1) is 0 Å². The average Bonchev–Trinajstić information content (AvgIpc) is 2.73. The van der Waals surface area contributed by atoms with Crippen LogP contribution < -0.4 is 5.73 Å². The highest BCUT2D eigenvalue weighted by Gasteiger charge is 2.27. The highest BCUT2D eigenvalue weighted by molar-refractivity contribution is 5.32. The minimum absolute atomic E-state index is 0.0648. The van der Waals surface area contributed by atoms with E-state index < -0.39 is 0 Å². The van der Waals surface area contributed by atoms with Crippen LogP contribution in [0.1, 0.15) is 68.4 Å². The molecule has 0 aromatic heterocycles. The predicted octanol–water partition coefficient (Wildman–Crippen LogP) is 4.17. The van der Waals surface area contributed by atoms with E-state index in [1.54, 1.807) is 0 Å². The number of rotatable bonds is 4. The van der Waals surface area contributed by atoms with Crippen molar-refractivity contribution in [2.45, 2.75) is 69.2 Å². The lowest BCUT2D eigenvalue weighted by Gasteiger charge is -2.30. The van der Waals surface area contributed by atoms with Gasteiger partial charge in [0.15, 0.2) is 0 Å². The Bertz CT molecular complexity index is 449. The van der Waals surface area contributed by atoms with Crippen molar-refractivity contribution in [1.82, 2.24) is 0 Å². The summed E-state index contributed by atoms with van der Waals surface area (Å²) in [6.07, 6.45) is 11.3. The van der Waals surface area contributed by atoms with Gasteiger partial charge in [-0.05, 0) is 43.2 Å². The summed E-state index contributed by atoms with van der Waals surface area (Å²) in [5, 5.41) is 0. The lowest BCUT2D eigenvalue weighted by atomic mass is 9.83. The number of aryl methyl sites for hydroxylation is 1. The number of benzene rings is 1. The van der Waals surface area contributed by atoms with Crippen LogP contribution in [-0.2, 0) is 11.2 Å². The van der Waals surface area contributed by atoms with Gasteiger partial charge >= 0.3 is 0 Å². The van der Waals surface area contributed by atoms with Gasteiger partial charge in [0.2, 0.25) is 0 Å². The molecule has 2 nitrogen and oxygen atoms in total. The standard InChI is InChI=1S/C19H29NO/c20-19(12-5-1-2-6-13-19)15-21-14-17-10-7-9-16-8-3-4-11-18(16)17/h3-4,8,11,17H,1-2,5-7,9-10,12-15,20H2. The van der Waals surface area contributed by atoms with Gasteiger partial charge in [-0.3, -0.25) is 0 Å². The summed E-state index contributed by atoms with van der Waals surface area (Å²) < 4.78 is 6.10. The van der Waals surface area contributed by atoms with Crippen LogP contribution in [0, 0.1) is 0 Å². The van der Waals surface area contributed by atoms with E-state index in [9.17, 15) is 0 Å². The van der Waals surface area contributed by atoms with Crippen LogP contribution in [0.5, 0.6) is 0 Å². The molecule has 1 fully saturated rings. The molecule has 1 aromatic carbocycles. The smallest absolute Gasteiger partial charge is 0.0646 e. The van der Waals surface area contributed by atoms with Gasteiger partial charge in [0.1, 0.15) is 0 Å². The van der Waals surface area contributed by atoms with Crippen LogP contribution in [0.2, 0.25) is 0 Å². The van der Waals surface area contributed by atoms with E-state index >= 15 is 0 Å². The molecule has 0 bridgehead atoms. The molecule has 0 spiro atoms. The van der Waals surface area contributed by atoms with E-state index in [0.717, 1.165) is 26.1 Å². The highest BCUT2D eigenvalue weighted by Crippen LogP contribution is 2.32. The molecule has 1 aromatic rings. The first-order valence-corrected chi connectivity index (χ1v) is 8.71. The molecule has 2 aliphatic rings. The van der Waals surface area contributed by atoms with E-state index in [1.165, 1.54) is 56.1 Å². The minimum atomic E-state index is -0.0648. The van der Waals surface area contributed by atoms with Crippen molar-refractivity contribution in [1.29, 1.82) is 0 Å². The summed E-state index contributed by atoms with van der Waals surface area (Å²) in [7, 11) is 0. The Morgan fingerprint density at radius 1 is 1.05 bits per heavy atom. The molecule has 1 unspecified atom stereocenters. The Morgan fingerprint density at radius 3 is 2.62 bits per heavy atom. The van der Waals surface area contributed by atoms with Gasteiger partial charge in [-0.1, -0.05) is 49.9 Å². The zero-order valence-electron chi connectivity index (χ0n) is 13.2. The van der Waals surface area contributed by atoms with Gasteiger partial charge < -0.3 is 10.5 Å². The first kappa shape index (κ1) is 15.1. The summed E-state index contributed by atoms with van der Waals surface area (Å²) >= 11 is 0. The zero-order chi connectivity index (χ0) is 14.5. The van der Waals surface area contributed by atoms with E-state index in [2.05, 4.69) is 24.3 Å². The lowest BCUT2D eigenvalue weighted by molar-refractivity contribution is 0.0654. The van der Waals surface area contributed by atoms with Gasteiger partial charge in [0.05, 0.1) is 13.2 Å². The van der Waals surface area contributed by atoms with E-state index in [0.29, 0.717) is 5.92 Å². The second kappa shape index (κ2) is 6.93. The highest BCUT2D eigenvalue weighted by atomic mass is 16.5. The third-order valence-electron chi connectivity index (χ3n) is 5.30. The third-order valence-corrected chi connectivity index (χ3v) is 5.30. The Kier molecular flexibility index (Phi) is 4.97. The number of nitrogens with two attached hydrogens (primary N) is 1. The Labute approximate surface area is 129 Å². The quantitative estimate of drug-likeness (QED) is 0.843. The molecule has 0 amide bonds. The summed E-state index contributed by atoms with van der Waals surface area (Å²) in [5.41, 5.74) is 9.51. The fourth-order valence-electron chi connectivity index (χ4n) is 4.01. The van der Waals surface area contributed by atoms with Gasteiger partial charge in [0.25, 0.3) is 0 Å². The van der Waals surface area contributed by atoms with Crippen molar-refractivity contribution in [3.05, 3.63) is 35.4 Å². The molecule has 0 heterocycles. The monoisotopic (exact) mass is 287 g/mol. The molecular formula is C19H29NO. The first-order chi connectivity index (χ1) is 10.3. The largest absolute Gasteiger partial charge is 0.379 e. The second-order valence-electron chi connectivity index (χ2n) is 7.08. The fraction of sp³-hybridized carbons (Fsp3) is 0.684. The van der Waals surface area contributed by atoms with Crippen molar-refractivity contribution >= 4 is 0 Å². The van der Waals surface area contributed by atoms with Crippen LogP contribution in [0.3, 0.4) is 0 Å².